The molecule has 0 atom stereocenters. The fraction of sp³-hybridized carbons (Fsp3) is 0.462. The van der Waals surface area contributed by atoms with Crippen LogP contribution >= 0.6 is 0 Å². The standard InChI is InChI=1S/C13H18N2O/c1-10-2-4-11(5-3-10)13(16)15-9-8-14-12-6-7-12/h2-5,12,14H,6-9H2,1H3,(H,15,16). The van der Waals surface area contributed by atoms with Gasteiger partial charge in [-0.05, 0) is 31.9 Å². The second-order valence-electron chi connectivity index (χ2n) is 4.35. The predicted octanol–water partition coefficient (Wildman–Crippen LogP) is 1.48. The Morgan fingerprint density at radius 2 is 1.94 bits per heavy atom. The maximum atomic E-state index is 11.7. The van der Waals surface area contributed by atoms with Gasteiger partial charge in [0.15, 0.2) is 0 Å². The first-order valence-electron chi connectivity index (χ1n) is 5.84. The molecule has 1 aliphatic rings. The Hall–Kier alpha value is -1.35. The van der Waals surface area contributed by atoms with Crippen molar-refractivity contribution >= 4 is 5.91 Å². The third-order valence-electron chi connectivity index (χ3n) is 2.73. The van der Waals surface area contributed by atoms with Crippen LogP contribution in [0.3, 0.4) is 0 Å². The number of hydrogen-bond donors (Lipinski definition) is 2. The van der Waals surface area contributed by atoms with Crippen LogP contribution in [-0.4, -0.2) is 25.0 Å². The largest absolute Gasteiger partial charge is 0.351 e. The highest BCUT2D eigenvalue weighted by atomic mass is 16.1. The molecule has 1 aromatic rings. The zero-order chi connectivity index (χ0) is 11.4. The molecule has 1 saturated carbocycles. The second kappa shape index (κ2) is 5.12. The van der Waals surface area contributed by atoms with E-state index in [2.05, 4.69) is 10.6 Å². The Balaban J connectivity index is 1.71. The fourth-order valence-corrected chi connectivity index (χ4v) is 1.55. The van der Waals surface area contributed by atoms with E-state index in [1.807, 2.05) is 31.2 Å². The number of carbonyl (C=O) groups is 1. The van der Waals surface area contributed by atoms with Crippen molar-refractivity contribution in [2.75, 3.05) is 13.1 Å². The Morgan fingerprint density at radius 1 is 1.25 bits per heavy atom. The molecular formula is C13H18N2O. The van der Waals surface area contributed by atoms with Gasteiger partial charge in [0, 0.05) is 24.7 Å². The lowest BCUT2D eigenvalue weighted by Gasteiger charge is -2.06. The van der Waals surface area contributed by atoms with Gasteiger partial charge in [-0.2, -0.15) is 0 Å². The number of hydrogen-bond acceptors (Lipinski definition) is 2. The van der Waals surface area contributed by atoms with E-state index < -0.39 is 0 Å². The summed E-state index contributed by atoms with van der Waals surface area (Å²) in [5, 5.41) is 6.26. The molecule has 3 heteroatoms. The van der Waals surface area contributed by atoms with Crippen LogP contribution in [0.15, 0.2) is 24.3 Å². The molecule has 0 bridgehead atoms. The molecule has 1 amide bonds. The smallest absolute Gasteiger partial charge is 0.251 e. The minimum absolute atomic E-state index is 0.0117. The summed E-state index contributed by atoms with van der Waals surface area (Å²) in [4.78, 5) is 11.7. The lowest BCUT2D eigenvalue weighted by atomic mass is 10.1. The molecule has 0 radical (unpaired) electrons. The van der Waals surface area contributed by atoms with Crippen LogP contribution < -0.4 is 10.6 Å². The number of aryl methyl sites for hydroxylation is 1. The summed E-state index contributed by atoms with van der Waals surface area (Å²) >= 11 is 0. The van der Waals surface area contributed by atoms with Gasteiger partial charge in [-0.1, -0.05) is 17.7 Å². The number of amides is 1. The topological polar surface area (TPSA) is 41.1 Å². The maximum absolute atomic E-state index is 11.7. The molecular weight excluding hydrogens is 200 g/mol. The average molecular weight is 218 g/mol. The summed E-state index contributed by atoms with van der Waals surface area (Å²) < 4.78 is 0. The van der Waals surface area contributed by atoms with Gasteiger partial charge in [0.05, 0.1) is 0 Å². The van der Waals surface area contributed by atoms with Gasteiger partial charge in [0.25, 0.3) is 5.91 Å². The van der Waals surface area contributed by atoms with Crippen molar-refractivity contribution in [3.63, 3.8) is 0 Å². The zero-order valence-electron chi connectivity index (χ0n) is 9.62. The van der Waals surface area contributed by atoms with Crippen molar-refractivity contribution in [3.8, 4) is 0 Å². The molecule has 86 valence electrons. The molecule has 16 heavy (non-hydrogen) atoms. The van der Waals surface area contributed by atoms with Gasteiger partial charge in [-0.15, -0.1) is 0 Å². The Bertz CT molecular complexity index is 355. The third kappa shape index (κ3) is 3.35. The van der Waals surface area contributed by atoms with Gasteiger partial charge in [-0.3, -0.25) is 4.79 Å². The summed E-state index contributed by atoms with van der Waals surface area (Å²) in [6.45, 7) is 3.58. The van der Waals surface area contributed by atoms with Crippen molar-refractivity contribution in [2.45, 2.75) is 25.8 Å². The average Bonchev–Trinajstić information content (AvgIpc) is 3.09. The summed E-state index contributed by atoms with van der Waals surface area (Å²) in [7, 11) is 0. The van der Waals surface area contributed by atoms with E-state index in [4.69, 9.17) is 0 Å². The third-order valence-corrected chi connectivity index (χ3v) is 2.73. The van der Waals surface area contributed by atoms with E-state index >= 15 is 0 Å². The Morgan fingerprint density at radius 3 is 2.56 bits per heavy atom. The van der Waals surface area contributed by atoms with Crippen molar-refractivity contribution in [1.82, 2.24) is 10.6 Å². The van der Waals surface area contributed by atoms with Crippen LogP contribution in [-0.2, 0) is 0 Å². The van der Waals surface area contributed by atoms with E-state index in [0.29, 0.717) is 12.6 Å². The van der Waals surface area contributed by atoms with E-state index in [9.17, 15) is 4.79 Å². The van der Waals surface area contributed by atoms with E-state index in [1.165, 1.54) is 18.4 Å². The fourth-order valence-electron chi connectivity index (χ4n) is 1.55. The minimum Gasteiger partial charge on any atom is -0.351 e. The zero-order valence-corrected chi connectivity index (χ0v) is 9.62. The van der Waals surface area contributed by atoms with Crippen LogP contribution in [0.1, 0.15) is 28.8 Å². The van der Waals surface area contributed by atoms with E-state index in [1.54, 1.807) is 0 Å². The monoisotopic (exact) mass is 218 g/mol. The quantitative estimate of drug-likeness (QED) is 0.735. The molecule has 0 unspecified atom stereocenters. The van der Waals surface area contributed by atoms with Crippen molar-refractivity contribution in [2.24, 2.45) is 0 Å². The van der Waals surface area contributed by atoms with Crippen molar-refractivity contribution in [3.05, 3.63) is 35.4 Å². The molecule has 1 fully saturated rings. The Labute approximate surface area is 96.2 Å². The normalized spacial score (nSPS) is 14.8. The lowest BCUT2D eigenvalue weighted by Crippen LogP contribution is -2.32. The second-order valence-corrected chi connectivity index (χ2v) is 4.35. The van der Waals surface area contributed by atoms with Crippen LogP contribution in [0.25, 0.3) is 0 Å². The van der Waals surface area contributed by atoms with Gasteiger partial charge in [-0.25, -0.2) is 0 Å². The first kappa shape index (κ1) is 11.1. The summed E-state index contributed by atoms with van der Waals surface area (Å²) in [6, 6.07) is 8.34. The van der Waals surface area contributed by atoms with Crippen LogP contribution in [0.5, 0.6) is 0 Å². The number of benzene rings is 1. The van der Waals surface area contributed by atoms with Crippen molar-refractivity contribution < 1.29 is 4.79 Å². The highest BCUT2D eigenvalue weighted by Crippen LogP contribution is 2.17. The molecule has 0 aromatic heterocycles. The first-order valence-corrected chi connectivity index (χ1v) is 5.84. The van der Waals surface area contributed by atoms with Crippen LogP contribution in [0.2, 0.25) is 0 Å². The SMILES string of the molecule is Cc1ccc(C(=O)NCCNC2CC2)cc1. The van der Waals surface area contributed by atoms with Gasteiger partial charge >= 0.3 is 0 Å². The minimum atomic E-state index is 0.0117. The Kier molecular flexibility index (Phi) is 3.57. The summed E-state index contributed by atoms with van der Waals surface area (Å²) in [5.74, 6) is 0.0117. The maximum Gasteiger partial charge on any atom is 0.251 e. The molecule has 0 aliphatic heterocycles. The molecule has 0 saturated heterocycles. The van der Waals surface area contributed by atoms with Crippen LogP contribution in [0.4, 0.5) is 0 Å². The molecule has 2 rings (SSSR count). The van der Waals surface area contributed by atoms with Gasteiger partial charge < -0.3 is 10.6 Å². The number of carbonyl (C=O) groups excluding carboxylic acids is 1. The van der Waals surface area contributed by atoms with Crippen molar-refractivity contribution in [1.29, 1.82) is 0 Å². The van der Waals surface area contributed by atoms with Crippen LogP contribution in [0, 0.1) is 6.92 Å². The molecule has 0 spiro atoms. The molecule has 0 heterocycles. The summed E-state index contributed by atoms with van der Waals surface area (Å²) in [5.41, 5.74) is 1.91. The highest BCUT2D eigenvalue weighted by Gasteiger charge is 2.19. The summed E-state index contributed by atoms with van der Waals surface area (Å²) in [6.07, 6.45) is 2.57. The van der Waals surface area contributed by atoms with Gasteiger partial charge in [0.1, 0.15) is 0 Å². The highest BCUT2D eigenvalue weighted by molar-refractivity contribution is 5.94. The molecule has 3 nitrogen and oxygen atoms in total. The number of rotatable bonds is 5. The van der Waals surface area contributed by atoms with E-state index in [0.717, 1.165) is 12.1 Å². The number of nitrogens with one attached hydrogen (secondary N) is 2. The predicted molar refractivity (Wildman–Crippen MR) is 64.5 cm³/mol. The first-order chi connectivity index (χ1) is 7.75. The molecule has 1 aromatic carbocycles. The van der Waals surface area contributed by atoms with E-state index in [-0.39, 0.29) is 5.91 Å². The lowest BCUT2D eigenvalue weighted by molar-refractivity contribution is 0.0954. The van der Waals surface area contributed by atoms with Gasteiger partial charge in [0.2, 0.25) is 0 Å². The molecule has 1 aliphatic carbocycles. The molecule has 2 N–H and O–H groups in total.